The van der Waals surface area contributed by atoms with Gasteiger partial charge < -0.3 is 8.98 Å². The monoisotopic (exact) mass is 716 g/mol. The Morgan fingerprint density at radius 1 is 0.339 bits per heavy atom. The first-order chi connectivity index (χ1) is 27.7. The second-order valence-electron chi connectivity index (χ2n) is 14.0. The molecule has 56 heavy (non-hydrogen) atoms. The molecule has 0 aliphatic rings. The van der Waals surface area contributed by atoms with E-state index in [4.69, 9.17) is 19.4 Å². The van der Waals surface area contributed by atoms with Crippen molar-refractivity contribution in [2.45, 2.75) is 0 Å². The number of benzene rings is 8. The maximum Gasteiger partial charge on any atom is 0.164 e. The molecule has 0 saturated heterocycles. The Morgan fingerprint density at radius 3 is 1.54 bits per heavy atom. The lowest BCUT2D eigenvalue weighted by Gasteiger charge is -2.10. The topological polar surface area (TPSA) is 56.7 Å². The number of nitrogens with zero attached hydrogens (tertiary/aromatic N) is 4. The summed E-state index contributed by atoms with van der Waals surface area (Å²) in [5.41, 5.74) is 12.3. The van der Waals surface area contributed by atoms with Crippen molar-refractivity contribution in [2.75, 3.05) is 0 Å². The van der Waals surface area contributed by atoms with Gasteiger partial charge in [-0.2, -0.15) is 0 Å². The number of furan rings is 1. The molecular formula is C51H32N4O. The Balaban J connectivity index is 1.11. The number of hydrogen-bond acceptors (Lipinski definition) is 4. The summed E-state index contributed by atoms with van der Waals surface area (Å²) in [5.74, 6) is 1.84. The zero-order chi connectivity index (χ0) is 37.0. The molecular weight excluding hydrogens is 685 g/mol. The molecule has 11 rings (SSSR count). The zero-order valence-corrected chi connectivity index (χ0v) is 30.2. The van der Waals surface area contributed by atoms with Crippen LogP contribution >= 0.6 is 0 Å². The molecule has 0 saturated carbocycles. The van der Waals surface area contributed by atoms with Gasteiger partial charge in [0.2, 0.25) is 0 Å². The number of fused-ring (bicyclic) bond motifs is 6. The van der Waals surface area contributed by atoms with Gasteiger partial charge in [0, 0.05) is 50.0 Å². The second-order valence-corrected chi connectivity index (χ2v) is 14.0. The fourth-order valence-corrected chi connectivity index (χ4v) is 7.99. The van der Waals surface area contributed by atoms with Crippen molar-refractivity contribution in [1.82, 2.24) is 19.5 Å². The van der Waals surface area contributed by atoms with Gasteiger partial charge in [-0.25, -0.2) is 15.0 Å². The third kappa shape index (κ3) is 5.37. The van der Waals surface area contributed by atoms with Crippen molar-refractivity contribution in [3.05, 3.63) is 194 Å². The summed E-state index contributed by atoms with van der Waals surface area (Å²) in [6.45, 7) is 0. The minimum atomic E-state index is 0.597. The molecule has 0 unspecified atom stereocenters. The first-order valence-electron chi connectivity index (χ1n) is 18.8. The number of aromatic nitrogens is 4. The van der Waals surface area contributed by atoms with Crippen LogP contribution in [0, 0.1) is 0 Å². The van der Waals surface area contributed by atoms with Gasteiger partial charge in [-0.3, -0.25) is 0 Å². The molecule has 8 aromatic carbocycles. The lowest BCUT2D eigenvalue weighted by Crippen LogP contribution is -2.00. The molecule has 0 amide bonds. The zero-order valence-electron chi connectivity index (χ0n) is 30.2. The molecule has 11 aromatic rings. The van der Waals surface area contributed by atoms with E-state index in [9.17, 15) is 0 Å². The summed E-state index contributed by atoms with van der Waals surface area (Å²) < 4.78 is 9.06. The van der Waals surface area contributed by atoms with Crippen LogP contribution in [0.2, 0.25) is 0 Å². The van der Waals surface area contributed by atoms with Crippen LogP contribution in [0.5, 0.6) is 0 Å². The van der Waals surface area contributed by atoms with Crippen LogP contribution in [0.1, 0.15) is 0 Å². The first kappa shape index (κ1) is 31.9. The first-order valence-corrected chi connectivity index (χ1v) is 18.8. The van der Waals surface area contributed by atoms with Crippen LogP contribution in [-0.2, 0) is 0 Å². The Kier molecular flexibility index (Phi) is 7.42. The van der Waals surface area contributed by atoms with E-state index in [1.54, 1.807) is 0 Å². The quantitative estimate of drug-likeness (QED) is 0.172. The van der Waals surface area contributed by atoms with E-state index in [-0.39, 0.29) is 0 Å². The van der Waals surface area contributed by atoms with E-state index in [2.05, 4.69) is 126 Å². The molecule has 5 nitrogen and oxygen atoms in total. The highest BCUT2D eigenvalue weighted by Crippen LogP contribution is 2.40. The average molecular weight is 717 g/mol. The normalized spacial score (nSPS) is 11.6. The van der Waals surface area contributed by atoms with Crippen molar-refractivity contribution in [2.24, 2.45) is 0 Å². The van der Waals surface area contributed by atoms with Crippen molar-refractivity contribution < 1.29 is 4.42 Å². The van der Waals surface area contributed by atoms with Crippen LogP contribution in [0.25, 0.3) is 106 Å². The van der Waals surface area contributed by atoms with Crippen molar-refractivity contribution >= 4 is 43.7 Å². The third-order valence-corrected chi connectivity index (χ3v) is 10.7. The fraction of sp³-hybridized carbons (Fsp3) is 0. The molecule has 0 atom stereocenters. The maximum absolute atomic E-state index is 6.69. The van der Waals surface area contributed by atoms with Gasteiger partial charge >= 0.3 is 0 Å². The Labute approximate surface area is 322 Å². The van der Waals surface area contributed by atoms with Gasteiger partial charge in [0.25, 0.3) is 0 Å². The minimum Gasteiger partial charge on any atom is -0.456 e. The molecule has 5 heteroatoms. The van der Waals surface area contributed by atoms with E-state index in [1.807, 2.05) is 72.8 Å². The highest BCUT2D eigenvalue weighted by Gasteiger charge is 2.20. The predicted molar refractivity (Wildman–Crippen MR) is 229 cm³/mol. The smallest absolute Gasteiger partial charge is 0.164 e. The highest BCUT2D eigenvalue weighted by atomic mass is 16.3. The second kappa shape index (κ2) is 13.0. The van der Waals surface area contributed by atoms with Crippen LogP contribution in [0.3, 0.4) is 0 Å². The Hall–Kier alpha value is -7.63. The summed E-state index contributed by atoms with van der Waals surface area (Å²) >= 11 is 0. The SMILES string of the molecule is c1ccc(-c2ccc3c(c2)c2ccc(-c4ccccc4)cc2n3-c2ccc3c(c2)oc2cccc(-c4nc(-c5ccccc5)nc(-c5ccccc5)n4)c23)cc1. The molecule has 262 valence electrons. The Bertz CT molecular complexity index is 3170. The van der Waals surface area contributed by atoms with Gasteiger partial charge in [-0.1, -0.05) is 152 Å². The summed E-state index contributed by atoms with van der Waals surface area (Å²) in [6, 6.07) is 67.5. The average Bonchev–Trinajstić information content (AvgIpc) is 3.82. The summed E-state index contributed by atoms with van der Waals surface area (Å²) in [7, 11) is 0. The van der Waals surface area contributed by atoms with Crippen LogP contribution in [0.4, 0.5) is 0 Å². The summed E-state index contributed by atoms with van der Waals surface area (Å²) in [5, 5.41) is 4.37. The van der Waals surface area contributed by atoms with Crippen LogP contribution < -0.4 is 0 Å². The van der Waals surface area contributed by atoms with Gasteiger partial charge in [-0.15, -0.1) is 0 Å². The van der Waals surface area contributed by atoms with Crippen molar-refractivity contribution in [3.8, 4) is 62.1 Å². The fourth-order valence-electron chi connectivity index (χ4n) is 7.99. The standard InChI is InChI=1S/C51H32N4O/c1-5-14-33(15-6-1)37-25-29-44-43(30-37)40-27-24-38(34-16-7-2-8-17-34)31-45(40)55(44)39-26-28-41-47(32-39)56-46-23-13-22-42(48(41)46)51-53-49(35-18-9-3-10-19-35)52-50(54-51)36-20-11-4-12-21-36/h1-32H. The van der Waals surface area contributed by atoms with E-state index in [0.717, 1.165) is 55.3 Å². The van der Waals surface area contributed by atoms with Gasteiger partial charge in [-0.05, 0) is 58.7 Å². The minimum absolute atomic E-state index is 0.597. The van der Waals surface area contributed by atoms with E-state index in [0.29, 0.717) is 17.5 Å². The van der Waals surface area contributed by atoms with Crippen molar-refractivity contribution in [1.29, 1.82) is 0 Å². The van der Waals surface area contributed by atoms with Gasteiger partial charge in [0.15, 0.2) is 17.5 Å². The van der Waals surface area contributed by atoms with Gasteiger partial charge in [0.1, 0.15) is 11.2 Å². The Morgan fingerprint density at radius 2 is 0.893 bits per heavy atom. The molecule has 0 aliphatic heterocycles. The lowest BCUT2D eigenvalue weighted by molar-refractivity contribution is 0.668. The predicted octanol–water partition coefficient (Wildman–Crippen LogP) is 13.2. The van der Waals surface area contributed by atoms with E-state index in [1.165, 1.54) is 33.0 Å². The largest absolute Gasteiger partial charge is 0.456 e. The summed E-state index contributed by atoms with van der Waals surface area (Å²) in [6.07, 6.45) is 0. The molecule has 0 bridgehead atoms. The molecule has 0 radical (unpaired) electrons. The van der Waals surface area contributed by atoms with Gasteiger partial charge in [0.05, 0.1) is 11.0 Å². The molecule has 0 N–H and O–H groups in total. The van der Waals surface area contributed by atoms with E-state index < -0.39 is 0 Å². The number of rotatable bonds is 6. The lowest BCUT2D eigenvalue weighted by atomic mass is 10.0. The van der Waals surface area contributed by atoms with Crippen LogP contribution in [0.15, 0.2) is 199 Å². The van der Waals surface area contributed by atoms with Crippen LogP contribution in [-0.4, -0.2) is 19.5 Å². The highest BCUT2D eigenvalue weighted by molar-refractivity contribution is 6.14. The molecule has 3 heterocycles. The van der Waals surface area contributed by atoms with E-state index >= 15 is 0 Å². The molecule has 0 spiro atoms. The molecule has 0 aliphatic carbocycles. The summed E-state index contributed by atoms with van der Waals surface area (Å²) in [4.78, 5) is 15.0. The number of hydrogen-bond donors (Lipinski definition) is 0. The third-order valence-electron chi connectivity index (χ3n) is 10.7. The molecule has 3 aromatic heterocycles. The molecule has 0 fully saturated rings. The van der Waals surface area contributed by atoms with Crippen molar-refractivity contribution in [3.63, 3.8) is 0 Å². The maximum atomic E-state index is 6.69.